The predicted molar refractivity (Wildman–Crippen MR) is 119 cm³/mol. The number of thiophene rings is 1. The highest BCUT2D eigenvalue weighted by Crippen LogP contribution is 2.21. The third-order valence-electron chi connectivity index (χ3n) is 4.72. The van der Waals surface area contributed by atoms with E-state index in [0.29, 0.717) is 17.2 Å². The molecule has 1 aromatic carbocycles. The Morgan fingerprint density at radius 2 is 2.07 bits per heavy atom. The van der Waals surface area contributed by atoms with Gasteiger partial charge in [-0.25, -0.2) is 4.79 Å². The average Bonchev–Trinajstić information content (AvgIpc) is 3.34. The van der Waals surface area contributed by atoms with Gasteiger partial charge in [0, 0.05) is 24.4 Å². The van der Waals surface area contributed by atoms with Crippen LogP contribution in [-0.4, -0.2) is 27.9 Å². The number of carbonyl (C=O) groups excluding carboxylic acids is 1. The van der Waals surface area contributed by atoms with Crippen molar-refractivity contribution < 1.29 is 14.7 Å². The zero-order chi connectivity index (χ0) is 21.3. The molecule has 1 unspecified atom stereocenters. The van der Waals surface area contributed by atoms with Gasteiger partial charge in [-0.1, -0.05) is 49.1 Å². The second kappa shape index (κ2) is 10.5. The number of carbonyl (C=O) groups is 2. The van der Waals surface area contributed by atoms with Crippen molar-refractivity contribution >= 4 is 23.2 Å². The lowest BCUT2D eigenvalue weighted by Gasteiger charge is -2.14. The van der Waals surface area contributed by atoms with E-state index in [2.05, 4.69) is 42.9 Å². The molecule has 4 nitrogen and oxygen atoms in total. The number of amides is 1. The number of allylic oxidation sites excluding steroid dienone is 1. The van der Waals surface area contributed by atoms with Crippen LogP contribution < -0.4 is 0 Å². The highest BCUT2D eigenvalue weighted by molar-refractivity contribution is 7.14. The van der Waals surface area contributed by atoms with Gasteiger partial charge in [-0.3, -0.25) is 9.69 Å². The molecule has 5 heteroatoms. The third-order valence-corrected chi connectivity index (χ3v) is 5.71. The summed E-state index contributed by atoms with van der Waals surface area (Å²) in [5.41, 5.74) is 1.03. The number of carboxylic acids is 1. The second-order valence-corrected chi connectivity index (χ2v) is 8.30. The summed E-state index contributed by atoms with van der Waals surface area (Å²) in [6.07, 6.45) is 7.10. The fourth-order valence-electron chi connectivity index (χ4n) is 3.07. The SMILES string of the molecule is CC(CC#Cc1ccccc1)C/C=C/[C@H]1CCC(=O)N1C#Cc1ccc(C(=O)O)s1. The molecule has 1 fully saturated rings. The predicted octanol–water partition coefficient (Wildman–Crippen LogP) is 4.77. The maximum Gasteiger partial charge on any atom is 0.345 e. The van der Waals surface area contributed by atoms with Gasteiger partial charge in [0.05, 0.1) is 10.9 Å². The molecule has 2 atom stereocenters. The van der Waals surface area contributed by atoms with Crippen LogP contribution in [0.1, 0.15) is 52.7 Å². The number of likely N-dealkylation sites (tertiary alicyclic amines) is 1. The van der Waals surface area contributed by atoms with E-state index in [1.807, 2.05) is 30.3 Å². The van der Waals surface area contributed by atoms with Crippen molar-refractivity contribution in [3.05, 3.63) is 69.9 Å². The summed E-state index contributed by atoms with van der Waals surface area (Å²) in [4.78, 5) is 25.6. The first kappa shape index (κ1) is 21.4. The van der Waals surface area contributed by atoms with Crippen LogP contribution in [0, 0.1) is 29.7 Å². The van der Waals surface area contributed by atoms with E-state index < -0.39 is 5.97 Å². The van der Waals surface area contributed by atoms with Crippen molar-refractivity contribution in [3.63, 3.8) is 0 Å². The molecule has 3 rings (SSSR count). The van der Waals surface area contributed by atoms with Crippen molar-refractivity contribution in [2.75, 3.05) is 0 Å². The fourth-order valence-corrected chi connectivity index (χ4v) is 3.76. The zero-order valence-corrected chi connectivity index (χ0v) is 17.6. The lowest BCUT2D eigenvalue weighted by atomic mass is 10.0. The Morgan fingerprint density at radius 3 is 2.80 bits per heavy atom. The van der Waals surface area contributed by atoms with Crippen LogP contribution in [0.4, 0.5) is 0 Å². The molecule has 2 aromatic rings. The number of nitrogens with zero attached hydrogens (tertiary/aromatic N) is 1. The Bertz CT molecular complexity index is 1050. The molecule has 0 radical (unpaired) electrons. The zero-order valence-electron chi connectivity index (χ0n) is 16.8. The number of rotatable bonds is 5. The normalized spacial score (nSPS) is 16.6. The van der Waals surface area contributed by atoms with Crippen LogP contribution >= 0.6 is 11.3 Å². The smallest absolute Gasteiger partial charge is 0.345 e. The number of benzene rings is 1. The van der Waals surface area contributed by atoms with Crippen molar-refractivity contribution in [1.29, 1.82) is 0 Å². The Morgan fingerprint density at radius 1 is 1.27 bits per heavy atom. The molecule has 0 saturated carbocycles. The second-order valence-electron chi connectivity index (χ2n) is 7.22. The van der Waals surface area contributed by atoms with E-state index >= 15 is 0 Å². The van der Waals surface area contributed by atoms with Crippen molar-refractivity contribution in [2.45, 2.75) is 38.6 Å². The highest BCUT2D eigenvalue weighted by Gasteiger charge is 2.27. The minimum absolute atomic E-state index is 0.00828. The first-order valence-electron chi connectivity index (χ1n) is 9.90. The van der Waals surface area contributed by atoms with Crippen molar-refractivity contribution in [2.24, 2.45) is 5.92 Å². The van der Waals surface area contributed by atoms with Crippen LogP contribution in [0.3, 0.4) is 0 Å². The molecule has 1 saturated heterocycles. The minimum atomic E-state index is -0.964. The Hall–Kier alpha value is -3.28. The molecule has 1 N–H and O–H groups in total. The van der Waals surface area contributed by atoms with Gasteiger partial charge in [0.2, 0.25) is 5.91 Å². The standard InChI is InChI=1S/C25H23NO3S/c1-19(7-5-11-20-9-3-2-4-10-20)8-6-12-21-13-16-24(27)26(21)18-17-22-14-15-23(30-22)25(28)29/h2-4,6,9-10,12,14-15,19,21H,7-8,13,16H2,1H3,(H,28,29)/b12-6+/t19?,21-/m0/s1. The van der Waals surface area contributed by atoms with Gasteiger partial charge >= 0.3 is 5.97 Å². The molecule has 1 amide bonds. The molecular formula is C25H23NO3S. The molecule has 0 aliphatic carbocycles. The largest absolute Gasteiger partial charge is 0.477 e. The van der Waals surface area contributed by atoms with E-state index in [9.17, 15) is 9.59 Å². The quantitative estimate of drug-likeness (QED) is 0.563. The van der Waals surface area contributed by atoms with E-state index in [4.69, 9.17) is 5.11 Å². The van der Waals surface area contributed by atoms with Gasteiger partial charge in [-0.2, -0.15) is 0 Å². The summed E-state index contributed by atoms with van der Waals surface area (Å²) >= 11 is 1.11. The molecule has 152 valence electrons. The minimum Gasteiger partial charge on any atom is -0.477 e. The van der Waals surface area contributed by atoms with E-state index in [-0.39, 0.29) is 16.8 Å². The monoisotopic (exact) mass is 417 g/mol. The van der Waals surface area contributed by atoms with E-state index in [1.165, 1.54) is 6.07 Å². The number of aromatic carboxylic acids is 1. The van der Waals surface area contributed by atoms with Gasteiger partial charge in [0.25, 0.3) is 0 Å². The lowest BCUT2D eigenvalue weighted by molar-refractivity contribution is -0.125. The van der Waals surface area contributed by atoms with E-state index in [0.717, 1.165) is 36.2 Å². The molecule has 1 aliphatic heterocycles. The van der Waals surface area contributed by atoms with Crippen LogP contribution in [-0.2, 0) is 4.79 Å². The Kier molecular flexibility index (Phi) is 7.49. The van der Waals surface area contributed by atoms with Gasteiger partial charge < -0.3 is 5.11 Å². The summed E-state index contributed by atoms with van der Waals surface area (Å²) in [7, 11) is 0. The van der Waals surface area contributed by atoms with Gasteiger partial charge in [0.1, 0.15) is 4.88 Å². The summed E-state index contributed by atoms with van der Waals surface area (Å²) in [5.74, 6) is 8.81. The van der Waals surface area contributed by atoms with Crippen LogP contribution in [0.15, 0.2) is 54.6 Å². The van der Waals surface area contributed by atoms with Crippen molar-refractivity contribution in [1.82, 2.24) is 4.90 Å². The Balaban J connectivity index is 1.54. The van der Waals surface area contributed by atoms with Gasteiger partial charge in [-0.15, -0.1) is 11.3 Å². The van der Waals surface area contributed by atoms with Crippen molar-refractivity contribution in [3.8, 4) is 23.8 Å². The molecule has 1 aromatic heterocycles. The first-order valence-corrected chi connectivity index (χ1v) is 10.7. The van der Waals surface area contributed by atoms with Gasteiger partial charge in [-0.05, 0) is 48.9 Å². The number of carboxylic acid groups (broad SMARTS) is 1. The number of hydrogen-bond donors (Lipinski definition) is 1. The first-order chi connectivity index (χ1) is 14.5. The molecule has 0 bridgehead atoms. The van der Waals surface area contributed by atoms with E-state index in [1.54, 1.807) is 11.0 Å². The molecule has 30 heavy (non-hydrogen) atoms. The third kappa shape index (κ3) is 6.11. The lowest BCUT2D eigenvalue weighted by Crippen LogP contribution is -2.26. The number of hydrogen-bond acceptors (Lipinski definition) is 3. The molecule has 2 heterocycles. The highest BCUT2D eigenvalue weighted by atomic mass is 32.1. The fraction of sp³-hybridized carbons (Fsp3) is 0.280. The summed E-state index contributed by atoms with van der Waals surface area (Å²) in [6.45, 7) is 2.16. The summed E-state index contributed by atoms with van der Waals surface area (Å²) in [6, 6.07) is 16.0. The average molecular weight is 418 g/mol. The summed E-state index contributed by atoms with van der Waals surface area (Å²) in [5, 5.41) is 9.00. The van der Waals surface area contributed by atoms with Gasteiger partial charge in [0.15, 0.2) is 0 Å². The van der Waals surface area contributed by atoms with Crippen LogP contribution in [0.2, 0.25) is 0 Å². The Labute approximate surface area is 181 Å². The maximum absolute atomic E-state index is 12.2. The van der Waals surface area contributed by atoms with Crippen LogP contribution in [0.5, 0.6) is 0 Å². The molecule has 0 spiro atoms. The van der Waals surface area contributed by atoms with Crippen LogP contribution in [0.25, 0.3) is 0 Å². The topological polar surface area (TPSA) is 57.6 Å². The summed E-state index contributed by atoms with van der Waals surface area (Å²) < 4.78 is 0. The molecule has 1 aliphatic rings. The maximum atomic E-state index is 12.2. The molecular weight excluding hydrogens is 394 g/mol.